The van der Waals surface area contributed by atoms with Crippen molar-refractivity contribution in [3.05, 3.63) is 59.1 Å². The van der Waals surface area contributed by atoms with Gasteiger partial charge in [0.2, 0.25) is 5.91 Å². The van der Waals surface area contributed by atoms with Crippen molar-refractivity contribution in [2.45, 2.75) is 0 Å². The van der Waals surface area contributed by atoms with Gasteiger partial charge in [-0.1, -0.05) is 23.7 Å². The second-order valence-corrected chi connectivity index (χ2v) is 4.75. The molecule has 1 amide bonds. The van der Waals surface area contributed by atoms with Crippen LogP contribution in [0.3, 0.4) is 0 Å². The third kappa shape index (κ3) is 4.26. The highest BCUT2D eigenvalue weighted by atomic mass is 35.5. The van der Waals surface area contributed by atoms with Crippen LogP contribution in [0.4, 0.5) is 11.4 Å². The second-order valence-electron chi connectivity index (χ2n) is 4.34. The molecule has 0 heterocycles. The van der Waals surface area contributed by atoms with Crippen molar-refractivity contribution in [2.24, 2.45) is 0 Å². The third-order valence-electron chi connectivity index (χ3n) is 2.77. The van der Waals surface area contributed by atoms with Crippen molar-refractivity contribution in [3.8, 4) is 5.75 Å². The third-order valence-corrected chi connectivity index (χ3v) is 3.10. The molecular weight excluding hydrogens is 288 g/mol. The molecule has 4 nitrogen and oxygen atoms in total. The van der Waals surface area contributed by atoms with Crippen LogP contribution in [-0.2, 0) is 4.79 Å². The molecule has 0 aliphatic carbocycles. The van der Waals surface area contributed by atoms with Gasteiger partial charge in [-0.2, -0.15) is 0 Å². The van der Waals surface area contributed by atoms with Gasteiger partial charge in [0.15, 0.2) is 0 Å². The van der Waals surface area contributed by atoms with E-state index in [0.29, 0.717) is 16.4 Å². The van der Waals surface area contributed by atoms with Gasteiger partial charge in [-0.05, 0) is 42.0 Å². The van der Waals surface area contributed by atoms with E-state index in [4.69, 9.17) is 22.1 Å². The summed E-state index contributed by atoms with van der Waals surface area (Å²) in [5, 5.41) is 3.12. The average Bonchev–Trinajstić information content (AvgIpc) is 2.49. The van der Waals surface area contributed by atoms with E-state index >= 15 is 0 Å². The molecule has 0 unspecified atom stereocenters. The Labute approximate surface area is 128 Å². The minimum absolute atomic E-state index is 0.287. The number of rotatable bonds is 4. The molecule has 0 saturated carbocycles. The molecule has 0 saturated heterocycles. The fourth-order valence-electron chi connectivity index (χ4n) is 1.73. The van der Waals surface area contributed by atoms with E-state index in [9.17, 15) is 4.79 Å². The van der Waals surface area contributed by atoms with Crippen LogP contribution >= 0.6 is 11.6 Å². The van der Waals surface area contributed by atoms with Gasteiger partial charge < -0.3 is 15.8 Å². The number of hydrogen-bond acceptors (Lipinski definition) is 3. The number of carbonyl (C=O) groups is 1. The normalized spacial score (nSPS) is 10.6. The standard InChI is InChI=1S/C16H15ClN2O2/c1-21-13-4-2-3-11(9-13)5-8-16(20)19-15-10-12(18)6-7-14(15)17/h2-10H,18H2,1H3,(H,19,20)/b8-5+. The summed E-state index contributed by atoms with van der Waals surface area (Å²) >= 11 is 5.99. The number of amides is 1. The maximum absolute atomic E-state index is 11.9. The summed E-state index contributed by atoms with van der Waals surface area (Å²) in [7, 11) is 1.59. The van der Waals surface area contributed by atoms with Gasteiger partial charge in [0.1, 0.15) is 5.75 Å². The van der Waals surface area contributed by atoms with E-state index in [2.05, 4.69) is 5.32 Å². The van der Waals surface area contributed by atoms with Crippen LogP contribution in [0.25, 0.3) is 6.08 Å². The predicted octanol–water partition coefficient (Wildman–Crippen LogP) is 3.58. The van der Waals surface area contributed by atoms with Crippen LogP contribution in [0.5, 0.6) is 5.75 Å². The van der Waals surface area contributed by atoms with Gasteiger partial charge >= 0.3 is 0 Å². The molecule has 0 radical (unpaired) electrons. The first-order valence-corrected chi connectivity index (χ1v) is 6.64. The van der Waals surface area contributed by atoms with E-state index in [1.165, 1.54) is 6.08 Å². The average molecular weight is 303 g/mol. The van der Waals surface area contributed by atoms with Crippen molar-refractivity contribution in [1.29, 1.82) is 0 Å². The number of anilines is 2. The van der Waals surface area contributed by atoms with Crippen LogP contribution < -0.4 is 15.8 Å². The molecule has 5 heteroatoms. The lowest BCUT2D eigenvalue weighted by Gasteiger charge is -2.05. The Kier molecular flexibility index (Phi) is 4.85. The summed E-state index contributed by atoms with van der Waals surface area (Å²) < 4.78 is 5.12. The molecule has 0 atom stereocenters. The first-order valence-electron chi connectivity index (χ1n) is 6.26. The minimum atomic E-state index is -0.287. The Morgan fingerprint density at radius 2 is 2.10 bits per heavy atom. The maximum atomic E-state index is 11.9. The minimum Gasteiger partial charge on any atom is -0.497 e. The van der Waals surface area contributed by atoms with Gasteiger partial charge in [-0.3, -0.25) is 4.79 Å². The molecule has 0 aliphatic rings. The Balaban J connectivity index is 2.07. The number of halogens is 1. The van der Waals surface area contributed by atoms with Crippen LogP contribution in [0.2, 0.25) is 5.02 Å². The van der Waals surface area contributed by atoms with E-state index < -0.39 is 0 Å². The topological polar surface area (TPSA) is 64.3 Å². The highest BCUT2D eigenvalue weighted by molar-refractivity contribution is 6.34. The van der Waals surface area contributed by atoms with Gasteiger partial charge in [0.25, 0.3) is 0 Å². The molecular formula is C16H15ClN2O2. The zero-order chi connectivity index (χ0) is 15.2. The molecule has 0 bridgehead atoms. The zero-order valence-electron chi connectivity index (χ0n) is 11.5. The second kappa shape index (κ2) is 6.81. The van der Waals surface area contributed by atoms with Crippen LogP contribution in [0.15, 0.2) is 48.5 Å². The SMILES string of the molecule is COc1cccc(/C=C/C(=O)Nc2cc(N)ccc2Cl)c1. The number of nitrogens with two attached hydrogens (primary N) is 1. The number of nitrogen functional groups attached to an aromatic ring is 1. The fourth-order valence-corrected chi connectivity index (χ4v) is 1.89. The number of hydrogen-bond donors (Lipinski definition) is 2. The van der Waals surface area contributed by atoms with Crippen LogP contribution in [0, 0.1) is 0 Å². The summed E-state index contributed by atoms with van der Waals surface area (Å²) in [5.74, 6) is 0.446. The Bertz CT molecular complexity index is 684. The molecule has 0 aliphatic heterocycles. The molecule has 0 fully saturated rings. The first-order chi connectivity index (χ1) is 10.1. The molecule has 2 aromatic carbocycles. The van der Waals surface area contributed by atoms with E-state index in [-0.39, 0.29) is 5.91 Å². The van der Waals surface area contributed by atoms with Crippen molar-refractivity contribution in [3.63, 3.8) is 0 Å². The highest BCUT2D eigenvalue weighted by Crippen LogP contribution is 2.24. The Hall–Kier alpha value is -2.46. The summed E-state index contributed by atoms with van der Waals surface area (Å²) in [5.41, 5.74) is 7.54. The highest BCUT2D eigenvalue weighted by Gasteiger charge is 2.03. The van der Waals surface area contributed by atoms with Crippen LogP contribution in [0.1, 0.15) is 5.56 Å². The van der Waals surface area contributed by atoms with Crippen molar-refractivity contribution in [2.75, 3.05) is 18.2 Å². The summed E-state index contributed by atoms with van der Waals surface area (Å²) in [6, 6.07) is 12.3. The molecule has 21 heavy (non-hydrogen) atoms. The number of methoxy groups -OCH3 is 1. The number of benzene rings is 2. The fraction of sp³-hybridized carbons (Fsp3) is 0.0625. The number of nitrogens with one attached hydrogen (secondary N) is 1. The Morgan fingerprint density at radius 1 is 1.29 bits per heavy atom. The lowest BCUT2D eigenvalue weighted by atomic mass is 10.2. The zero-order valence-corrected chi connectivity index (χ0v) is 12.2. The molecule has 0 aromatic heterocycles. The number of ether oxygens (including phenoxy) is 1. The lowest BCUT2D eigenvalue weighted by Crippen LogP contribution is -2.08. The summed E-state index contributed by atoms with van der Waals surface area (Å²) in [6.45, 7) is 0. The van der Waals surface area contributed by atoms with Gasteiger partial charge in [-0.15, -0.1) is 0 Å². The Morgan fingerprint density at radius 3 is 2.86 bits per heavy atom. The van der Waals surface area contributed by atoms with Gasteiger partial charge in [0.05, 0.1) is 17.8 Å². The molecule has 108 valence electrons. The predicted molar refractivity (Wildman–Crippen MR) is 86.5 cm³/mol. The summed E-state index contributed by atoms with van der Waals surface area (Å²) in [6.07, 6.45) is 3.12. The van der Waals surface area contributed by atoms with Crippen molar-refractivity contribution < 1.29 is 9.53 Å². The first kappa shape index (κ1) is 14.9. The molecule has 2 rings (SSSR count). The van der Waals surface area contributed by atoms with Crippen molar-refractivity contribution in [1.82, 2.24) is 0 Å². The molecule has 2 aromatic rings. The van der Waals surface area contributed by atoms with E-state index in [1.807, 2.05) is 24.3 Å². The summed E-state index contributed by atoms with van der Waals surface area (Å²) in [4.78, 5) is 11.9. The van der Waals surface area contributed by atoms with E-state index in [0.717, 1.165) is 11.3 Å². The van der Waals surface area contributed by atoms with Gasteiger partial charge in [-0.25, -0.2) is 0 Å². The monoisotopic (exact) mass is 302 g/mol. The maximum Gasteiger partial charge on any atom is 0.248 e. The largest absolute Gasteiger partial charge is 0.497 e. The quantitative estimate of drug-likeness (QED) is 0.670. The molecule has 0 spiro atoms. The van der Waals surface area contributed by atoms with Crippen LogP contribution in [-0.4, -0.2) is 13.0 Å². The lowest BCUT2D eigenvalue weighted by molar-refractivity contribution is -0.111. The van der Waals surface area contributed by atoms with E-state index in [1.54, 1.807) is 31.4 Å². The number of carbonyl (C=O) groups excluding carboxylic acids is 1. The van der Waals surface area contributed by atoms with Gasteiger partial charge in [0, 0.05) is 11.8 Å². The van der Waals surface area contributed by atoms with Crippen molar-refractivity contribution >= 4 is 35.0 Å². The molecule has 3 N–H and O–H groups in total. The smallest absolute Gasteiger partial charge is 0.248 e.